The molecule has 1 amide bonds. The molecule has 0 fully saturated rings. The van der Waals surface area contributed by atoms with E-state index in [0.717, 1.165) is 23.4 Å². The number of rotatable bonds is 5. The Bertz CT molecular complexity index is 1080. The van der Waals surface area contributed by atoms with Crippen molar-refractivity contribution in [2.24, 2.45) is 5.92 Å². The average molecular weight is 415 g/mol. The van der Waals surface area contributed by atoms with Gasteiger partial charge < -0.3 is 10.2 Å². The third-order valence-corrected chi connectivity index (χ3v) is 6.05. The lowest BCUT2D eigenvalue weighted by Gasteiger charge is -2.45. The van der Waals surface area contributed by atoms with Crippen LogP contribution in [0.3, 0.4) is 0 Å². The van der Waals surface area contributed by atoms with Crippen LogP contribution in [0.5, 0.6) is 0 Å². The molecule has 0 saturated carbocycles. The molecule has 1 aliphatic rings. The minimum absolute atomic E-state index is 0.0150. The van der Waals surface area contributed by atoms with Gasteiger partial charge in [-0.1, -0.05) is 50.2 Å². The Hall–Kier alpha value is -3.67. The van der Waals surface area contributed by atoms with E-state index in [4.69, 9.17) is 0 Å². The molecule has 3 aromatic carbocycles. The van der Waals surface area contributed by atoms with Crippen LogP contribution in [0.4, 0.5) is 17.1 Å². The van der Waals surface area contributed by atoms with E-state index in [1.165, 1.54) is 24.3 Å². The molecule has 1 heterocycles. The van der Waals surface area contributed by atoms with Crippen LogP contribution < -0.4 is 10.2 Å². The average Bonchev–Trinajstić information content (AvgIpc) is 2.80. The second-order valence-corrected chi connectivity index (χ2v) is 7.86. The van der Waals surface area contributed by atoms with Crippen LogP contribution in [-0.2, 0) is 0 Å². The molecule has 3 aromatic rings. The lowest BCUT2D eigenvalue weighted by atomic mass is 9.80. The number of para-hydroxylation sites is 2. The zero-order chi connectivity index (χ0) is 22.0. The Morgan fingerprint density at radius 3 is 2.29 bits per heavy atom. The van der Waals surface area contributed by atoms with E-state index in [2.05, 4.69) is 25.2 Å². The first-order chi connectivity index (χ1) is 15.0. The van der Waals surface area contributed by atoms with Gasteiger partial charge in [-0.05, 0) is 42.3 Å². The number of hydrogen-bond acceptors (Lipinski definition) is 4. The van der Waals surface area contributed by atoms with Crippen molar-refractivity contribution in [2.45, 2.75) is 32.4 Å². The van der Waals surface area contributed by atoms with Gasteiger partial charge in [0.05, 0.1) is 11.0 Å². The minimum Gasteiger partial charge on any atom is -0.378 e. The maximum atomic E-state index is 13.6. The zero-order valence-corrected chi connectivity index (χ0v) is 17.6. The number of nitro groups is 1. The molecule has 3 unspecified atom stereocenters. The molecule has 0 aromatic heterocycles. The summed E-state index contributed by atoms with van der Waals surface area (Å²) >= 11 is 0. The summed E-state index contributed by atoms with van der Waals surface area (Å²) in [5.74, 6) is 0.0151. The first-order valence-electron chi connectivity index (χ1n) is 10.5. The van der Waals surface area contributed by atoms with E-state index < -0.39 is 4.92 Å². The van der Waals surface area contributed by atoms with Crippen molar-refractivity contribution in [2.75, 3.05) is 10.2 Å². The number of carbonyl (C=O) groups is 1. The standard InChI is InChI=1S/C25H25N3O3/c1-3-22-17(2)24(26-19-9-5-4-6-10-19)21-11-7-8-12-23(21)27(22)25(29)18-13-15-20(16-14-18)28(30)31/h4-17,22,24,26H,3H2,1-2H3. The van der Waals surface area contributed by atoms with Gasteiger partial charge in [0.25, 0.3) is 11.6 Å². The van der Waals surface area contributed by atoms with Crippen LogP contribution in [0.25, 0.3) is 0 Å². The fourth-order valence-corrected chi connectivity index (χ4v) is 4.49. The number of non-ortho nitro benzene ring substituents is 1. The van der Waals surface area contributed by atoms with E-state index in [-0.39, 0.29) is 29.6 Å². The molecule has 0 saturated heterocycles. The van der Waals surface area contributed by atoms with Gasteiger partial charge in [-0.3, -0.25) is 14.9 Å². The summed E-state index contributed by atoms with van der Waals surface area (Å²) in [5, 5.41) is 14.6. The van der Waals surface area contributed by atoms with Gasteiger partial charge >= 0.3 is 0 Å². The summed E-state index contributed by atoms with van der Waals surface area (Å²) in [6, 6.07) is 23.9. The highest BCUT2D eigenvalue weighted by atomic mass is 16.6. The van der Waals surface area contributed by atoms with Crippen LogP contribution in [0.1, 0.15) is 42.2 Å². The van der Waals surface area contributed by atoms with E-state index in [0.29, 0.717) is 5.56 Å². The van der Waals surface area contributed by atoms with E-state index in [9.17, 15) is 14.9 Å². The number of amides is 1. The predicted octanol–water partition coefficient (Wildman–Crippen LogP) is 5.82. The van der Waals surface area contributed by atoms with E-state index in [1.54, 1.807) is 0 Å². The number of nitrogens with one attached hydrogen (secondary N) is 1. The number of carbonyl (C=O) groups excluding carboxylic acids is 1. The molecule has 31 heavy (non-hydrogen) atoms. The topological polar surface area (TPSA) is 75.5 Å². The van der Waals surface area contributed by atoms with Gasteiger partial charge in [-0.15, -0.1) is 0 Å². The molecule has 0 radical (unpaired) electrons. The second kappa shape index (κ2) is 8.60. The first-order valence-corrected chi connectivity index (χ1v) is 10.5. The largest absolute Gasteiger partial charge is 0.378 e. The van der Waals surface area contributed by atoms with Crippen LogP contribution >= 0.6 is 0 Å². The van der Waals surface area contributed by atoms with Crippen LogP contribution in [0, 0.1) is 16.0 Å². The summed E-state index contributed by atoms with van der Waals surface area (Å²) in [5.41, 5.74) is 3.41. The predicted molar refractivity (Wildman–Crippen MR) is 122 cm³/mol. The molecule has 6 nitrogen and oxygen atoms in total. The number of hydrogen-bond donors (Lipinski definition) is 1. The fourth-order valence-electron chi connectivity index (χ4n) is 4.49. The number of nitrogens with zero attached hydrogens (tertiary/aromatic N) is 2. The van der Waals surface area contributed by atoms with Crippen molar-refractivity contribution in [3.63, 3.8) is 0 Å². The van der Waals surface area contributed by atoms with Crippen LogP contribution in [0.15, 0.2) is 78.9 Å². The highest BCUT2D eigenvalue weighted by Crippen LogP contribution is 2.44. The van der Waals surface area contributed by atoms with Crippen LogP contribution in [0.2, 0.25) is 0 Å². The molecule has 0 spiro atoms. The van der Waals surface area contributed by atoms with Gasteiger partial charge in [0.1, 0.15) is 0 Å². The quantitative estimate of drug-likeness (QED) is 0.421. The Kier molecular flexibility index (Phi) is 5.71. The smallest absolute Gasteiger partial charge is 0.269 e. The molecule has 0 aliphatic carbocycles. The van der Waals surface area contributed by atoms with Crippen molar-refractivity contribution in [1.82, 2.24) is 0 Å². The normalized spacial score (nSPS) is 20.1. The van der Waals surface area contributed by atoms with Crippen molar-refractivity contribution < 1.29 is 9.72 Å². The summed E-state index contributed by atoms with van der Waals surface area (Å²) in [7, 11) is 0. The lowest BCUT2D eigenvalue weighted by Crippen LogP contribution is -2.50. The number of benzene rings is 3. The number of anilines is 2. The fraction of sp³-hybridized carbons (Fsp3) is 0.240. The van der Waals surface area contributed by atoms with Crippen molar-refractivity contribution in [3.8, 4) is 0 Å². The molecular formula is C25H25N3O3. The summed E-state index contributed by atoms with van der Waals surface area (Å²) in [6.45, 7) is 4.26. The van der Waals surface area contributed by atoms with Gasteiger partial charge in [-0.2, -0.15) is 0 Å². The Morgan fingerprint density at radius 1 is 1.00 bits per heavy atom. The highest BCUT2D eigenvalue weighted by molar-refractivity contribution is 6.07. The SMILES string of the molecule is CCC1C(C)C(Nc2ccccc2)c2ccccc2N1C(=O)c1ccc([N+](=O)[O-])cc1. The first kappa shape index (κ1) is 20.6. The zero-order valence-electron chi connectivity index (χ0n) is 17.6. The minimum atomic E-state index is -0.457. The third kappa shape index (κ3) is 3.89. The summed E-state index contributed by atoms with van der Waals surface area (Å²) < 4.78 is 0. The van der Waals surface area contributed by atoms with Gasteiger partial charge in [0, 0.05) is 41.0 Å². The van der Waals surface area contributed by atoms with Gasteiger partial charge in [0.2, 0.25) is 0 Å². The number of fused-ring (bicyclic) bond motifs is 1. The second-order valence-electron chi connectivity index (χ2n) is 7.86. The molecule has 0 bridgehead atoms. The molecule has 1 N–H and O–H groups in total. The Morgan fingerprint density at radius 2 is 1.65 bits per heavy atom. The van der Waals surface area contributed by atoms with Crippen molar-refractivity contribution >= 4 is 23.0 Å². The summed E-state index contributed by atoms with van der Waals surface area (Å²) in [6.07, 6.45) is 0.793. The van der Waals surface area contributed by atoms with Crippen molar-refractivity contribution in [1.29, 1.82) is 0 Å². The van der Waals surface area contributed by atoms with Gasteiger partial charge in [0.15, 0.2) is 0 Å². The van der Waals surface area contributed by atoms with E-state index >= 15 is 0 Å². The summed E-state index contributed by atoms with van der Waals surface area (Å²) in [4.78, 5) is 25.9. The molecule has 1 aliphatic heterocycles. The number of nitro benzene ring substituents is 1. The molecule has 4 rings (SSSR count). The molecular weight excluding hydrogens is 390 g/mol. The maximum absolute atomic E-state index is 13.6. The maximum Gasteiger partial charge on any atom is 0.269 e. The lowest BCUT2D eigenvalue weighted by molar-refractivity contribution is -0.384. The van der Waals surface area contributed by atoms with Gasteiger partial charge in [-0.25, -0.2) is 0 Å². The molecule has 3 atom stereocenters. The Labute approximate surface area is 181 Å². The van der Waals surface area contributed by atoms with Crippen molar-refractivity contribution in [3.05, 3.63) is 100 Å². The molecule has 6 heteroatoms. The Balaban J connectivity index is 1.74. The third-order valence-electron chi connectivity index (χ3n) is 6.05. The van der Waals surface area contributed by atoms with Crippen LogP contribution in [-0.4, -0.2) is 16.9 Å². The highest BCUT2D eigenvalue weighted by Gasteiger charge is 2.40. The molecule has 158 valence electrons. The van der Waals surface area contributed by atoms with E-state index in [1.807, 2.05) is 53.4 Å². The monoisotopic (exact) mass is 415 g/mol.